The molecule has 16 heavy (non-hydrogen) atoms. The minimum Gasteiger partial charge on any atom is -0.377 e. The van der Waals surface area contributed by atoms with E-state index in [1.807, 2.05) is 6.07 Å². The number of nitrogens with one attached hydrogen (secondary N) is 1. The summed E-state index contributed by atoms with van der Waals surface area (Å²) in [6.45, 7) is 3.97. The monoisotopic (exact) mass is 220 g/mol. The number of benzene rings is 1. The molecule has 4 heteroatoms. The standard InChI is InChI=1S/C12H16N2O2/c1-8-6-10(7-8)13-11-5-3-4-9(2)12(11)14(15)16/h3-5,8,10,13H,6-7H2,1-2H3. The summed E-state index contributed by atoms with van der Waals surface area (Å²) in [7, 11) is 0. The maximum absolute atomic E-state index is 11.0. The van der Waals surface area contributed by atoms with E-state index in [1.165, 1.54) is 0 Å². The summed E-state index contributed by atoms with van der Waals surface area (Å²) >= 11 is 0. The minimum atomic E-state index is -0.306. The van der Waals surface area contributed by atoms with Gasteiger partial charge in [-0.15, -0.1) is 0 Å². The second-order valence-electron chi connectivity index (χ2n) is 4.65. The van der Waals surface area contributed by atoms with Crippen LogP contribution in [0.25, 0.3) is 0 Å². The molecule has 0 aromatic heterocycles. The molecule has 0 heterocycles. The Balaban J connectivity index is 2.19. The van der Waals surface area contributed by atoms with Gasteiger partial charge in [-0.25, -0.2) is 0 Å². The average Bonchev–Trinajstić information content (AvgIpc) is 2.14. The molecule has 1 aliphatic rings. The van der Waals surface area contributed by atoms with Crippen molar-refractivity contribution in [2.24, 2.45) is 5.92 Å². The van der Waals surface area contributed by atoms with Crippen molar-refractivity contribution in [2.45, 2.75) is 32.7 Å². The molecular formula is C12H16N2O2. The van der Waals surface area contributed by atoms with E-state index in [9.17, 15) is 10.1 Å². The fraction of sp³-hybridized carbons (Fsp3) is 0.500. The van der Waals surface area contributed by atoms with Crippen molar-refractivity contribution < 1.29 is 4.92 Å². The predicted molar refractivity (Wildman–Crippen MR) is 63.6 cm³/mol. The first-order valence-electron chi connectivity index (χ1n) is 5.58. The van der Waals surface area contributed by atoms with E-state index in [0.29, 0.717) is 17.3 Å². The maximum Gasteiger partial charge on any atom is 0.295 e. The van der Waals surface area contributed by atoms with Gasteiger partial charge in [-0.05, 0) is 31.7 Å². The van der Waals surface area contributed by atoms with Crippen LogP contribution < -0.4 is 5.32 Å². The molecule has 86 valence electrons. The van der Waals surface area contributed by atoms with Crippen LogP contribution in [0.4, 0.5) is 11.4 Å². The average molecular weight is 220 g/mol. The number of aryl methyl sites for hydroxylation is 1. The molecule has 0 spiro atoms. The van der Waals surface area contributed by atoms with Crippen LogP contribution in [0, 0.1) is 23.0 Å². The first kappa shape index (κ1) is 10.9. The zero-order valence-electron chi connectivity index (χ0n) is 9.56. The SMILES string of the molecule is Cc1cccc(NC2CC(C)C2)c1[N+](=O)[O-]. The van der Waals surface area contributed by atoms with Crippen molar-refractivity contribution >= 4 is 11.4 Å². The van der Waals surface area contributed by atoms with Crippen LogP contribution in [0.3, 0.4) is 0 Å². The highest BCUT2D eigenvalue weighted by Crippen LogP contribution is 2.34. The molecule has 1 saturated carbocycles. The molecule has 1 aliphatic carbocycles. The van der Waals surface area contributed by atoms with E-state index in [-0.39, 0.29) is 10.6 Å². The summed E-state index contributed by atoms with van der Waals surface area (Å²) in [4.78, 5) is 10.7. The number of rotatable bonds is 3. The van der Waals surface area contributed by atoms with Gasteiger partial charge in [0.25, 0.3) is 5.69 Å². The van der Waals surface area contributed by atoms with Gasteiger partial charge in [0.2, 0.25) is 0 Å². The van der Waals surface area contributed by atoms with E-state index in [0.717, 1.165) is 18.8 Å². The Hall–Kier alpha value is -1.58. The Bertz CT molecular complexity index is 411. The summed E-state index contributed by atoms with van der Waals surface area (Å²) in [6.07, 6.45) is 2.20. The number of hydrogen-bond donors (Lipinski definition) is 1. The predicted octanol–water partition coefficient (Wildman–Crippen LogP) is 3.11. The number of hydrogen-bond acceptors (Lipinski definition) is 3. The number of nitro benzene ring substituents is 1. The molecule has 0 atom stereocenters. The van der Waals surface area contributed by atoms with Gasteiger partial charge in [-0.1, -0.05) is 19.1 Å². The van der Waals surface area contributed by atoms with Crippen LogP contribution in [-0.4, -0.2) is 11.0 Å². The first-order valence-corrected chi connectivity index (χ1v) is 5.58. The maximum atomic E-state index is 11.0. The molecular weight excluding hydrogens is 204 g/mol. The quantitative estimate of drug-likeness (QED) is 0.629. The second kappa shape index (κ2) is 4.12. The van der Waals surface area contributed by atoms with Crippen LogP contribution in [0.5, 0.6) is 0 Å². The Morgan fingerprint density at radius 3 is 2.69 bits per heavy atom. The molecule has 0 unspecified atom stereocenters. The molecule has 0 aliphatic heterocycles. The number of nitro groups is 1. The van der Waals surface area contributed by atoms with Crippen LogP contribution in [0.1, 0.15) is 25.3 Å². The van der Waals surface area contributed by atoms with Gasteiger partial charge in [-0.3, -0.25) is 10.1 Å². The summed E-state index contributed by atoms with van der Waals surface area (Å²) in [5, 5.41) is 14.2. The summed E-state index contributed by atoms with van der Waals surface area (Å²) < 4.78 is 0. The topological polar surface area (TPSA) is 55.2 Å². The van der Waals surface area contributed by atoms with Crippen LogP contribution >= 0.6 is 0 Å². The molecule has 0 saturated heterocycles. The molecule has 1 N–H and O–H groups in total. The summed E-state index contributed by atoms with van der Waals surface area (Å²) in [5.41, 5.74) is 1.58. The molecule has 1 aromatic carbocycles. The fourth-order valence-corrected chi connectivity index (χ4v) is 2.26. The number of nitrogens with zero attached hydrogens (tertiary/aromatic N) is 1. The van der Waals surface area contributed by atoms with Gasteiger partial charge in [-0.2, -0.15) is 0 Å². The lowest BCUT2D eigenvalue weighted by molar-refractivity contribution is -0.384. The molecule has 0 radical (unpaired) electrons. The highest BCUT2D eigenvalue weighted by atomic mass is 16.6. The summed E-state index contributed by atoms with van der Waals surface area (Å²) in [6, 6.07) is 5.81. The van der Waals surface area contributed by atoms with Gasteiger partial charge < -0.3 is 5.32 Å². The van der Waals surface area contributed by atoms with Gasteiger partial charge in [0.15, 0.2) is 0 Å². The van der Waals surface area contributed by atoms with E-state index >= 15 is 0 Å². The lowest BCUT2D eigenvalue weighted by atomic mass is 9.82. The molecule has 2 rings (SSSR count). The highest BCUT2D eigenvalue weighted by Gasteiger charge is 2.27. The molecule has 1 aromatic rings. The largest absolute Gasteiger partial charge is 0.377 e. The summed E-state index contributed by atoms with van der Waals surface area (Å²) in [5.74, 6) is 0.737. The van der Waals surface area contributed by atoms with Crippen molar-refractivity contribution in [3.63, 3.8) is 0 Å². The lowest BCUT2D eigenvalue weighted by Gasteiger charge is -2.33. The normalized spacial score (nSPS) is 23.6. The van der Waals surface area contributed by atoms with E-state index in [2.05, 4.69) is 12.2 Å². The minimum absolute atomic E-state index is 0.210. The molecule has 1 fully saturated rings. The third-order valence-electron chi connectivity index (χ3n) is 3.15. The Kier molecular flexibility index (Phi) is 2.81. The molecule has 0 amide bonds. The van der Waals surface area contributed by atoms with E-state index in [1.54, 1.807) is 19.1 Å². The zero-order valence-corrected chi connectivity index (χ0v) is 9.56. The van der Waals surface area contributed by atoms with E-state index < -0.39 is 0 Å². The van der Waals surface area contributed by atoms with Gasteiger partial charge in [0, 0.05) is 11.6 Å². The van der Waals surface area contributed by atoms with Gasteiger partial charge in [0.1, 0.15) is 5.69 Å². The van der Waals surface area contributed by atoms with Crippen LogP contribution in [0.2, 0.25) is 0 Å². The van der Waals surface area contributed by atoms with Crippen molar-refractivity contribution in [1.82, 2.24) is 0 Å². The Morgan fingerprint density at radius 2 is 2.12 bits per heavy atom. The van der Waals surface area contributed by atoms with Crippen molar-refractivity contribution in [3.8, 4) is 0 Å². The Morgan fingerprint density at radius 1 is 1.44 bits per heavy atom. The Labute approximate surface area is 94.8 Å². The first-order chi connectivity index (χ1) is 7.58. The smallest absolute Gasteiger partial charge is 0.295 e. The van der Waals surface area contributed by atoms with Gasteiger partial charge in [0.05, 0.1) is 4.92 Å². The zero-order chi connectivity index (χ0) is 11.7. The van der Waals surface area contributed by atoms with E-state index in [4.69, 9.17) is 0 Å². The number of anilines is 1. The highest BCUT2D eigenvalue weighted by molar-refractivity contribution is 5.65. The van der Waals surface area contributed by atoms with Crippen molar-refractivity contribution in [1.29, 1.82) is 0 Å². The third kappa shape index (κ3) is 2.01. The third-order valence-corrected chi connectivity index (χ3v) is 3.15. The van der Waals surface area contributed by atoms with Crippen LogP contribution in [-0.2, 0) is 0 Å². The van der Waals surface area contributed by atoms with Crippen molar-refractivity contribution in [2.75, 3.05) is 5.32 Å². The lowest BCUT2D eigenvalue weighted by Crippen LogP contribution is -2.33. The molecule has 0 bridgehead atoms. The molecule has 4 nitrogen and oxygen atoms in total. The number of para-hydroxylation sites is 1. The fourth-order valence-electron chi connectivity index (χ4n) is 2.26. The van der Waals surface area contributed by atoms with Gasteiger partial charge >= 0.3 is 0 Å². The second-order valence-corrected chi connectivity index (χ2v) is 4.65. The van der Waals surface area contributed by atoms with Crippen LogP contribution in [0.15, 0.2) is 18.2 Å². The van der Waals surface area contributed by atoms with Crippen molar-refractivity contribution in [3.05, 3.63) is 33.9 Å².